The van der Waals surface area contributed by atoms with Gasteiger partial charge < -0.3 is 5.32 Å². The van der Waals surface area contributed by atoms with Crippen molar-refractivity contribution in [3.63, 3.8) is 0 Å². The van der Waals surface area contributed by atoms with Crippen molar-refractivity contribution < 1.29 is 4.79 Å². The average molecular weight is 220 g/mol. The number of nitrogens with one attached hydrogen (secondary N) is 1. The molecule has 0 amide bonds. The van der Waals surface area contributed by atoms with Gasteiger partial charge in [-0.3, -0.25) is 4.79 Å². The van der Waals surface area contributed by atoms with E-state index in [2.05, 4.69) is 5.32 Å². The minimum Gasteiger partial charge on any atom is -0.387 e. The van der Waals surface area contributed by atoms with Gasteiger partial charge in [0.15, 0.2) is 0 Å². The summed E-state index contributed by atoms with van der Waals surface area (Å²) < 4.78 is 0. The predicted molar refractivity (Wildman–Crippen MR) is 63.7 cm³/mol. The molecule has 0 atom stereocenters. The second-order valence-corrected chi connectivity index (χ2v) is 3.58. The van der Waals surface area contributed by atoms with E-state index in [1.807, 2.05) is 30.3 Å². The van der Waals surface area contributed by atoms with Crippen molar-refractivity contribution in [1.82, 2.24) is 0 Å². The Morgan fingerprint density at radius 3 is 2.60 bits per heavy atom. The van der Waals surface area contributed by atoms with E-state index in [4.69, 9.17) is 11.6 Å². The van der Waals surface area contributed by atoms with Crippen LogP contribution in [-0.4, -0.2) is 12.3 Å². The summed E-state index contributed by atoms with van der Waals surface area (Å²) in [5.41, 5.74) is 1.30. The summed E-state index contributed by atoms with van der Waals surface area (Å²) in [5, 5.41) is 4.67. The number of benzene rings is 2. The lowest BCUT2D eigenvalue weighted by atomic mass is 10.0. The van der Waals surface area contributed by atoms with Crippen LogP contribution >= 0.6 is 11.6 Å². The second-order valence-electron chi connectivity index (χ2n) is 3.23. The molecule has 0 heterocycles. The number of anilines is 1. The molecule has 0 saturated heterocycles. The number of halogens is 1. The van der Waals surface area contributed by atoms with Crippen LogP contribution in [-0.2, 0) is 0 Å². The smallest absolute Gasteiger partial charge is 0.254 e. The highest BCUT2D eigenvalue weighted by atomic mass is 35.5. The molecule has 76 valence electrons. The summed E-state index contributed by atoms with van der Waals surface area (Å²) in [5.74, 6) is 0. The molecule has 0 aliphatic carbocycles. The highest BCUT2D eigenvalue weighted by Gasteiger charge is 2.10. The topological polar surface area (TPSA) is 29.1 Å². The van der Waals surface area contributed by atoms with E-state index in [1.54, 1.807) is 13.1 Å². The summed E-state index contributed by atoms with van der Waals surface area (Å²) in [6.07, 6.45) is 0. The predicted octanol–water partition coefficient (Wildman–Crippen LogP) is 3.26. The fraction of sp³-hybridized carbons (Fsp3) is 0.0833. The molecule has 0 saturated carbocycles. The van der Waals surface area contributed by atoms with Gasteiger partial charge in [0.1, 0.15) is 0 Å². The fourth-order valence-electron chi connectivity index (χ4n) is 1.70. The Bertz CT molecular complexity index is 522. The quantitative estimate of drug-likeness (QED) is 0.786. The summed E-state index contributed by atoms with van der Waals surface area (Å²) >= 11 is 5.51. The van der Waals surface area contributed by atoms with Crippen molar-refractivity contribution in [2.75, 3.05) is 12.4 Å². The third kappa shape index (κ3) is 1.68. The molecular formula is C12H10ClNO. The van der Waals surface area contributed by atoms with Crippen LogP contribution in [0.4, 0.5) is 5.69 Å². The molecule has 0 aliphatic rings. The third-order valence-electron chi connectivity index (χ3n) is 2.39. The van der Waals surface area contributed by atoms with Gasteiger partial charge in [-0.15, -0.1) is 0 Å². The second kappa shape index (κ2) is 3.91. The number of carbonyl (C=O) groups is 1. The van der Waals surface area contributed by atoms with Gasteiger partial charge in [0.25, 0.3) is 5.24 Å². The van der Waals surface area contributed by atoms with Crippen LogP contribution in [0.1, 0.15) is 10.4 Å². The Morgan fingerprint density at radius 1 is 1.20 bits per heavy atom. The van der Waals surface area contributed by atoms with Crippen molar-refractivity contribution >= 4 is 33.3 Å². The van der Waals surface area contributed by atoms with Crippen LogP contribution < -0.4 is 5.32 Å². The maximum absolute atomic E-state index is 11.2. The zero-order valence-electron chi connectivity index (χ0n) is 8.25. The van der Waals surface area contributed by atoms with E-state index < -0.39 is 5.24 Å². The lowest BCUT2D eigenvalue weighted by Gasteiger charge is -2.09. The highest BCUT2D eigenvalue weighted by Crippen LogP contribution is 2.28. The van der Waals surface area contributed by atoms with Gasteiger partial charge in [-0.1, -0.05) is 30.3 Å². The number of carbonyl (C=O) groups excluding carboxylic acids is 1. The monoisotopic (exact) mass is 219 g/mol. The van der Waals surface area contributed by atoms with Gasteiger partial charge >= 0.3 is 0 Å². The first-order valence-electron chi connectivity index (χ1n) is 4.63. The molecule has 2 aromatic carbocycles. The summed E-state index contributed by atoms with van der Waals surface area (Å²) in [7, 11) is 1.78. The highest BCUT2D eigenvalue weighted by molar-refractivity contribution is 6.68. The SMILES string of the molecule is CNc1c(C(=O)Cl)ccc2ccccc12. The van der Waals surface area contributed by atoms with E-state index in [-0.39, 0.29) is 0 Å². The van der Waals surface area contributed by atoms with Crippen molar-refractivity contribution in [2.45, 2.75) is 0 Å². The van der Waals surface area contributed by atoms with Crippen LogP contribution in [0.2, 0.25) is 0 Å². The number of hydrogen-bond acceptors (Lipinski definition) is 2. The summed E-state index contributed by atoms with van der Waals surface area (Å²) in [6.45, 7) is 0. The molecule has 3 heteroatoms. The first-order valence-corrected chi connectivity index (χ1v) is 5.01. The van der Waals surface area contributed by atoms with Crippen LogP contribution in [0.5, 0.6) is 0 Å². The Hall–Kier alpha value is -1.54. The molecular weight excluding hydrogens is 210 g/mol. The first-order chi connectivity index (χ1) is 7.24. The van der Waals surface area contributed by atoms with Crippen molar-refractivity contribution in [3.8, 4) is 0 Å². The van der Waals surface area contributed by atoms with Crippen molar-refractivity contribution in [2.24, 2.45) is 0 Å². The van der Waals surface area contributed by atoms with Crippen LogP contribution in [0, 0.1) is 0 Å². The zero-order valence-corrected chi connectivity index (χ0v) is 9.01. The van der Waals surface area contributed by atoms with Crippen LogP contribution in [0.3, 0.4) is 0 Å². The van der Waals surface area contributed by atoms with E-state index >= 15 is 0 Å². The molecule has 0 aromatic heterocycles. The van der Waals surface area contributed by atoms with Crippen molar-refractivity contribution in [3.05, 3.63) is 42.0 Å². The van der Waals surface area contributed by atoms with Crippen LogP contribution in [0.15, 0.2) is 36.4 Å². The molecule has 0 fully saturated rings. The number of fused-ring (bicyclic) bond motifs is 1. The van der Waals surface area contributed by atoms with Gasteiger partial charge in [-0.25, -0.2) is 0 Å². The molecule has 0 bridgehead atoms. The standard InChI is InChI=1S/C12H10ClNO/c1-14-11-9-5-3-2-4-8(9)6-7-10(11)12(13)15/h2-7,14H,1H3. The molecule has 2 aromatic rings. The van der Waals surface area contributed by atoms with Crippen molar-refractivity contribution in [1.29, 1.82) is 0 Å². The minimum atomic E-state index is -0.440. The van der Waals surface area contributed by atoms with E-state index in [1.165, 1.54) is 0 Å². The lowest BCUT2D eigenvalue weighted by Crippen LogP contribution is -1.99. The lowest BCUT2D eigenvalue weighted by molar-refractivity contribution is 0.108. The molecule has 0 aliphatic heterocycles. The minimum absolute atomic E-state index is 0.440. The Balaban J connectivity index is 2.81. The fourth-order valence-corrected chi connectivity index (χ4v) is 1.86. The van der Waals surface area contributed by atoms with Gasteiger partial charge in [-0.2, -0.15) is 0 Å². The number of rotatable bonds is 2. The normalized spacial score (nSPS) is 10.3. The molecule has 1 N–H and O–H groups in total. The Labute approximate surface area is 92.9 Å². The van der Waals surface area contributed by atoms with E-state index in [9.17, 15) is 4.79 Å². The Kier molecular flexibility index (Phi) is 2.60. The van der Waals surface area contributed by atoms with Gasteiger partial charge in [0.2, 0.25) is 0 Å². The largest absolute Gasteiger partial charge is 0.387 e. The van der Waals surface area contributed by atoms with Gasteiger partial charge in [-0.05, 0) is 23.1 Å². The first kappa shape index (κ1) is 9.99. The Morgan fingerprint density at radius 2 is 1.93 bits per heavy atom. The maximum Gasteiger partial charge on any atom is 0.254 e. The average Bonchev–Trinajstić information content (AvgIpc) is 2.27. The molecule has 2 rings (SSSR count). The molecule has 0 radical (unpaired) electrons. The maximum atomic E-state index is 11.2. The van der Waals surface area contributed by atoms with Crippen LogP contribution in [0.25, 0.3) is 10.8 Å². The number of hydrogen-bond donors (Lipinski definition) is 1. The summed E-state index contributed by atoms with van der Waals surface area (Å²) in [6, 6.07) is 11.5. The van der Waals surface area contributed by atoms with E-state index in [0.717, 1.165) is 16.5 Å². The van der Waals surface area contributed by atoms with Gasteiger partial charge in [0, 0.05) is 12.4 Å². The third-order valence-corrected chi connectivity index (χ3v) is 2.59. The molecule has 2 nitrogen and oxygen atoms in total. The summed E-state index contributed by atoms with van der Waals surface area (Å²) in [4.78, 5) is 11.2. The zero-order chi connectivity index (χ0) is 10.8. The molecule has 0 unspecified atom stereocenters. The van der Waals surface area contributed by atoms with Gasteiger partial charge in [0.05, 0.1) is 11.3 Å². The molecule has 0 spiro atoms. The molecule has 15 heavy (non-hydrogen) atoms. The van der Waals surface area contributed by atoms with E-state index in [0.29, 0.717) is 5.56 Å².